The summed E-state index contributed by atoms with van der Waals surface area (Å²) in [6.07, 6.45) is 0. The minimum atomic E-state index is 0.186. The molecule has 0 unspecified atom stereocenters. The van der Waals surface area contributed by atoms with Crippen LogP contribution in [0.15, 0.2) is 46.9 Å². The molecule has 2 aromatic carbocycles. The van der Waals surface area contributed by atoms with E-state index in [9.17, 15) is 5.11 Å². The summed E-state index contributed by atoms with van der Waals surface area (Å²) in [4.78, 5) is 6.59. The third kappa shape index (κ3) is 2.44. The Bertz CT molecular complexity index is 727. The number of anilines is 1. The lowest BCUT2D eigenvalue weighted by molar-refractivity contribution is 0.474. The lowest BCUT2D eigenvalue weighted by atomic mass is 10.1. The smallest absolute Gasteiger partial charge is 0.231 e. The molecule has 0 aliphatic carbocycles. The van der Waals surface area contributed by atoms with Gasteiger partial charge in [-0.1, -0.05) is 12.1 Å². The Morgan fingerprint density at radius 3 is 2.52 bits per heavy atom. The van der Waals surface area contributed by atoms with Crippen molar-refractivity contribution in [1.82, 2.24) is 4.98 Å². The molecule has 1 heterocycles. The van der Waals surface area contributed by atoms with E-state index >= 15 is 0 Å². The number of phenolic OH excluding ortho intramolecular Hbond substituents is 1. The second-order valence-electron chi connectivity index (χ2n) is 4.86. The first-order chi connectivity index (χ1) is 10.2. The fraction of sp³-hybridized carbons (Fsp3) is 0.235. The van der Waals surface area contributed by atoms with Crippen molar-refractivity contribution in [3.05, 3.63) is 42.5 Å². The van der Waals surface area contributed by atoms with Crippen LogP contribution in [-0.2, 0) is 0 Å². The van der Waals surface area contributed by atoms with Crippen LogP contribution in [-0.4, -0.2) is 23.2 Å². The van der Waals surface area contributed by atoms with Gasteiger partial charge in [-0.25, -0.2) is 4.98 Å². The lowest BCUT2D eigenvalue weighted by Gasteiger charge is -2.21. The van der Waals surface area contributed by atoms with Gasteiger partial charge >= 0.3 is 0 Å². The number of nitrogens with zero attached hydrogens (tertiary/aromatic N) is 2. The molecule has 0 aliphatic rings. The fourth-order valence-electron chi connectivity index (χ4n) is 2.47. The van der Waals surface area contributed by atoms with Crippen molar-refractivity contribution in [2.45, 2.75) is 13.8 Å². The first kappa shape index (κ1) is 13.5. The minimum absolute atomic E-state index is 0.186. The van der Waals surface area contributed by atoms with E-state index in [1.807, 2.05) is 36.4 Å². The zero-order valence-electron chi connectivity index (χ0n) is 12.2. The SMILES string of the molecule is CCN(CC)c1ccc(-c2nc3ccccc3o2)c(O)c1. The Hall–Kier alpha value is -2.49. The van der Waals surface area contributed by atoms with Gasteiger partial charge in [-0.05, 0) is 38.1 Å². The summed E-state index contributed by atoms with van der Waals surface area (Å²) in [6.45, 7) is 5.99. The van der Waals surface area contributed by atoms with Gasteiger partial charge in [0.2, 0.25) is 5.89 Å². The molecule has 0 aliphatic heterocycles. The van der Waals surface area contributed by atoms with E-state index in [1.165, 1.54) is 0 Å². The minimum Gasteiger partial charge on any atom is -0.507 e. The molecule has 1 aromatic heterocycles. The first-order valence-corrected chi connectivity index (χ1v) is 7.16. The van der Waals surface area contributed by atoms with Crippen LogP contribution >= 0.6 is 0 Å². The Balaban J connectivity index is 2.02. The van der Waals surface area contributed by atoms with Crippen molar-refractivity contribution in [3.8, 4) is 17.2 Å². The lowest BCUT2D eigenvalue weighted by Crippen LogP contribution is -2.21. The molecule has 0 saturated carbocycles. The standard InChI is InChI=1S/C17H18N2O2/c1-3-19(4-2)12-9-10-13(15(20)11-12)17-18-14-7-5-6-8-16(14)21-17/h5-11,20H,3-4H2,1-2H3. The molecule has 3 rings (SSSR count). The maximum absolute atomic E-state index is 10.3. The number of benzene rings is 2. The van der Waals surface area contributed by atoms with Crippen molar-refractivity contribution < 1.29 is 9.52 Å². The Kier molecular flexibility index (Phi) is 3.52. The summed E-state index contributed by atoms with van der Waals surface area (Å²) < 4.78 is 5.70. The number of hydrogen-bond acceptors (Lipinski definition) is 4. The Labute approximate surface area is 123 Å². The summed E-state index contributed by atoms with van der Waals surface area (Å²) in [5.41, 5.74) is 3.12. The topological polar surface area (TPSA) is 49.5 Å². The van der Waals surface area contributed by atoms with Gasteiger partial charge in [-0.2, -0.15) is 0 Å². The highest BCUT2D eigenvalue weighted by atomic mass is 16.3. The molecule has 4 heteroatoms. The number of hydrogen-bond donors (Lipinski definition) is 1. The van der Waals surface area contributed by atoms with Crippen molar-refractivity contribution in [3.63, 3.8) is 0 Å². The third-order valence-electron chi connectivity index (χ3n) is 3.63. The number of rotatable bonds is 4. The second-order valence-corrected chi connectivity index (χ2v) is 4.86. The van der Waals surface area contributed by atoms with Crippen LogP contribution in [0.5, 0.6) is 5.75 Å². The number of oxazole rings is 1. The van der Waals surface area contributed by atoms with E-state index < -0.39 is 0 Å². The van der Waals surface area contributed by atoms with Crippen molar-refractivity contribution in [1.29, 1.82) is 0 Å². The van der Waals surface area contributed by atoms with Gasteiger partial charge in [0.15, 0.2) is 5.58 Å². The van der Waals surface area contributed by atoms with Crippen LogP contribution in [0.2, 0.25) is 0 Å². The van der Waals surface area contributed by atoms with E-state index in [-0.39, 0.29) is 5.75 Å². The average Bonchev–Trinajstić information content (AvgIpc) is 2.92. The maximum Gasteiger partial charge on any atom is 0.231 e. The van der Waals surface area contributed by atoms with Gasteiger partial charge in [0, 0.05) is 24.8 Å². The molecule has 0 amide bonds. The monoisotopic (exact) mass is 282 g/mol. The van der Waals surface area contributed by atoms with Gasteiger partial charge in [-0.15, -0.1) is 0 Å². The molecule has 0 atom stereocenters. The molecule has 4 nitrogen and oxygen atoms in total. The predicted molar refractivity (Wildman–Crippen MR) is 84.7 cm³/mol. The summed E-state index contributed by atoms with van der Waals surface area (Å²) in [5.74, 6) is 0.630. The van der Waals surface area contributed by atoms with Crippen LogP contribution in [0.1, 0.15) is 13.8 Å². The molecule has 0 spiro atoms. The van der Waals surface area contributed by atoms with E-state index in [2.05, 4.69) is 23.7 Å². The zero-order valence-corrected chi connectivity index (χ0v) is 12.2. The van der Waals surface area contributed by atoms with Crippen molar-refractivity contribution in [2.24, 2.45) is 0 Å². The zero-order chi connectivity index (χ0) is 14.8. The van der Waals surface area contributed by atoms with Gasteiger partial charge in [-0.3, -0.25) is 0 Å². The largest absolute Gasteiger partial charge is 0.507 e. The quantitative estimate of drug-likeness (QED) is 0.784. The highest BCUT2D eigenvalue weighted by molar-refractivity contribution is 5.78. The molecule has 0 bridgehead atoms. The highest BCUT2D eigenvalue weighted by Crippen LogP contribution is 2.33. The van der Waals surface area contributed by atoms with Crippen LogP contribution in [0.4, 0.5) is 5.69 Å². The molecular formula is C17H18N2O2. The highest BCUT2D eigenvalue weighted by Gasteiger charge is 2.13. The normalized spacial score (nSPS) is 11.0. The summed E-state index contributed by atoms with van der Waals surface area (Å²) in [7, 11) is 0. The number of aromatic hydroxyl groups is 1. The third-order valence-corrected chi connectivity index (χ3v) is 3.63. The molecule has 1 N–H and O–H groups in total. The first-order valence-electron chi connectivity index (χ1n) is 7.16. The van der Waals surface area contributed by atoms with Crippen LogP contribution < -0.4 is 4.90 Å². The average molecular weight is 282 g/mol. The molecule has 3 aromatic rings. The van der Waals surface area contributed by atoms with Gasteiger partial charge in [0.25, 0.3) is 0 Å². The number of aromatic nitrogens is 1. The number of phenols is 1. The Morgan fingerprint density at radius 2 is 1.86 bits per heavy atom. The molecular weight excluding hydrogens is 264 g/mol. The second kappa shape index (κ2) is 5.48. The molecule has 0 saturated heterocycles. The molecule has 0 fully saturated rings. The van der Waals surface area contributed by atoms with E-state index in [1.54, 1.807) is 6.07 Å². The summed E-state index contributed by atoms with van der Waals surface area (Å²) in [5, 5.41) is 10.3. The van der Waals surface area contributed by atoms with Gasteiger partial charge in [0.1, 0.15) is 11.3 Å². The number of fused-ring (bicyclic) bond motifs is 1. The van der Waals surface area contributed by atoms with Crippen molar-refractivity contribution in [2.75, 3.05) is 18.0 Å². The van der Waals surface area contributed by atoms with Crippen molar-refractivity contribution >= 4 is 16.8 Å². The molecule has 0 radical (unpaired) electrons. The van der Waals surface area contributed by atoms with E-state index in [0.29, 0.717) is 11.5 Å². The van der Waals surface area contributed by atoms with Crippen LogP contribution in [0, 0.1) is 0 Å². The summed E-state index contributed by atoms with van der Waals surface area (Å²) in [6, 6.07) is 13.2. The predicted octanol–water partition coefficient (Wildman–Crippen LogP) is 4.05. The maximum atomic E-state index is 10.3. The Morgan fingerprint density at radius 1 is 1.10 bits per heavy atom. The van der Waals surface area contributed by atoms with Crippen LogP contribution in [0.25, 0.3) is 22.6 Å². The number of para-hydroxylation sites is 2. The van der Waals surface area contributed by atoms with Gasteiger partial charge in [0.05, 0.1) is 5.56 Å². The summed E-state index contributed by atoms with van der Waals surface area (Å²) >= 11 is 0. The van der Waals surface area contributed by atoms with Gasteiger partial charge < -0.3 is 14.4 Å². The van der Waals surface area contributed by atoms with E-state index in [4.69, 9.17) is 4.42 Å². The molecule has 21 heavy (non-hydrogen) atoms. The van der Waals surface area contributed by atoms with Crippen LogP contribution in [0.3, 0.4) is 0 Å². The van der Waals surface area contributed by atoms with E-state index in [0.717, 1.165) is 29.9 Å². The fourth-order valence-corrected chi connectivity index (χ4v) is 2.47. The molecule has 108 valence electrons.